The number of unbranched alkanes of at least 4 members (excludes halogenated alkanes) is 13. The molecule has 1 heteroatoms. The minimum absolute atomic E-state index is 1.18. The van der Waals surface area contributed by atoms with E-state index in [-0.39, 0.29) is 0 Å². The highest BCUT2D eigenvalue weighted by Gasteiger charge is 1.93. The largest absolute Gasteiger partial charge is 0.0992 e. The highest BCUT2D eigenvalue weighted by Crippen LogP contribution is 2.12. The summed E-state index contributed by atoms with van der Waals surface area (Å²) in [5.74, 6) is 0. The van der Waals surface area contributed by atoms with Crippen LogP contribution in [0.5, 0.6) is 0 Å². The summed E-state index contributed by atoms with van der Waals surface area (Å²) in [7, 11) is 3.53. The van der Waals surface area contributed by atoms with E-state index in [1.165, 1.54) is 96.1 Å². The lowest BCUT2D eigenvalue weighted by molar-refractivity contribution is 0.538. The minimum Gasteiger partial charge on any atom is -0.0992 e. The van der Waals surface area contributed by atoms with Crippen molar-refractivity contribution in [1.29, 1.82) is 0 Å². The molecule has 0 aromatic carbocycles. The summed E-state index contributed by atoms with van der Waals surface area (Å²) >= 11 is 0. The Morgan fingerprint density at radius 2 is 0.765 bits per heavy atom. The second-order valence-electron chi connectivity index (χ2n) is 5.35. The van der Waals surface area contributed by atoms with Crippen LogP contribution in [-0.4, -0.2) is 6.16 Å². The van der Waals surface area contributed by atoms with Crippen molar-refractivity contribution in [2.75, 3.05) is 6.16 Å². The van der Waals surface area contributed by atoms with E-state index in [9.17, 15) is 0 Å². The molecule has 0 aliphatic heterocycles. The fourth-order valence-electron chi connectivity index (χ4n) is 2.32. The second kappa shape index (κ2) is 16.4. The standard InChI is InChI=1S/C16H34P/c1-2-3-4-5-6-7-8-9-10-11-12-13-14-15-16-17/h17H,2-16H2,1H3. The lowest BCUT2D eigenvalue weighted by Crippen LogP contribution is -1.83. The SMILES string of the molecule is CCCCCCCCCCCCCCCC[PH]. The summed E-state index contributed by atoms with van der Waals surface area (Å²) in [5, 5.41) is 0. The number of hydrogen-bond donors (Lipinski definition) is 0. The van der Waals surface area contributed by atoms with Crippen molar-refractivity contribution in [3.63, 3.8) is 0 Å². The molecule has 0 N–H and O–H groups in total. The Bertz CT molecular complexity index is 109. The van der Waals surface area contributed by atoms with Crippen molar-refractivity contribution in [3.05, 3.63) is 0 Å². The predicted molar refractivity (Wildman–Crippen MR) is 83.5 cm³/mol. The van der Waals surface area contributed by atoms with Crippen LogP contribution >= 0.6 is 9.24 Å². The molecule has 0 aliphatic rings. The van der Waals surface area contributed by atoms with Crippen LogP contribution in [-0.2, 0) is 0 Å². The van der Waals surface area contributed by atoms with E-state index < -0.39 is 0 Å². The molecule has 103 valence electrons. The molecule has 0 aromatic heterocycles. The van der Waals surface area contributed by atoms with Crippen molar-refractivity contribution in [1.82, 2.24) is 0 Å². The molecule has 17 heavy (non-hydrogen) atoms. The Morgan fingerprint density at radius 1 is 0.471 bits per heavy atom. The molecule has 0 bridgehead atoms. The Morgan fingerprint density at radius 3 is 1.06 bits per heavy atom. The van der Waals surface area contributed by atoms with Gasteiger partial charge in [0.05, 0.1) is 0 Å². The molecule has 0 unspecified atom stereocenters. The summed E-state index contributed by atoms with van der Waals surface area (Å²) in [5.41, 5.74) is 0. The maximum atomic E-state index is 3.53. The monoisotopic (exact) mass is 257 g/mol. The zero-order valence-corrected chi connectivity index (χ0v) is 13.1. The highest BCUT2D eigenvalue weighted by molar-refractivity contribution is 7.16. The van der Waals surface area contributed by atoms with E-state index in [1.54, 1.807) is 0 Å². The van der Waals surface area contributed by atoms with Crippen LogP contribution in [0.15, 0.2) is 0 Å². The van der Waals surface area contributed by atoms with Crippen molar-refractivity contribution >= 4 is 9.24 Å². The fraction of sp³-hybridized carbons (Fsp3) is 1.00. The van der Waals surface area contributed by atoms with Crippen LogP contribution < -0.4 is 0 Å². The molecule has 0 saturated carbocycles. The van der Waals surface area contributed by atoms with Gasteiger partial charge >= 0.3 is 0 Å². The van der Waals surface area contributed by atoms with E-state index >= 15 is 0 Å². The van der Waals surface area contributed by atoms with Crippen LogP contribution in [0.1, 0.15) is 96.8 Å². The molecule has 0 aromatic rings. The van der Waals surface area contributed by atoms with E-state index in [0.717, 1.165) is 0 Å². The second-order valence-corrected chi connectivity index (χ2v) is 5.85. The maximum Gasteiger partial charge on any atom is -0.0317 e. The normalized spacial score (nSPS) is 10.9. The molecule has 0 amide bonds. The highest BCUT2D eigenvalue weighted by atomic mass is 31.0. The molecule has 0 nitrogen and oxygen atoms in total. The summed E-state index contributed by atoms with van der Waals surface area (Å²) < 4.78 is 0. The van der Waals surface area contributed by atoms with Crippen molar-refractivity contribution in [2.24, 2.45) is 0 Å². The molecule has 0 rings (SSSR count). The molecular formula is C16H34P. The van der Waals surface area contributed by atoms with Crippen LogP contribution in [0.25, 0.3) is 0 Å². The molecule has 0 aliphatic carbocycles. The number of hydrogen-bond acceptors (Lipinski definition) is 0. The van der Waals surface area contributed by atoms with Gasteiger partial charge in [0.1, 0.15) is 0 Å². The third-order valence-electron chi connectivity index (χ3n) is 3.53. The topological polar surface area (TPSA) is 0 Å². The Hall–Kier alpha value is 0.430. The summed E-state index contributed by atoms with van der Waals surface area (Å²) in [4.78, 5) is 0. The lowest BCUT2D eigenvalue weighted by atomic mass is 10.0. The third-order valence-corrected chi connectivity index (χ3v) is 3.88. The first kappa shape index (κ1) is 17.4. The van der Waals surface area contributed by atoms with Gasteiger partial charge in [-0.05, 0) is 12.6 Å². The molecule has 0 atom stereocenters. The Balaban J connectivity index is 2.85. The van der Waals surface area contributed by atoms with Gasteiger partial charge in [0.2, 0.25) is 0 Å². The predicted octanol–water partition coefficient (Wildman–Crippen LogP) is 6.61. The van der Waals surface area contributed by atoms with Crippen molar-refractivity contribution in [3.8, 4) is 0 Å². The van der Waals surface area contributed by atoms with Gasteiger partial charge < -0.3 is 0 Å². The van der Waals surface area contributed by atoms with Crippen LogP contribution in [0, 0.1) is 0 Å². The van der Waals surface area contributed by atoms with Crippen LogP contribution in [0.4, 0.5) is 0 Å². The zero-order chi connectivity index (χ0) is 12.6. The average Bonchev–Trinajstić information content (AvgIpc) is 2.35. The lowest BCUT2D eigenvalue weighted by Gasteiger charge is -2.02. The van der Waals surface area contributed by atoms with Gasteiger partial charge in [0.25, 0.3) is 0 Å². The zero-order valence-electron chi connectivity index (χ0n) is 12.1. The quantitative estimate of drug-likeness (QED) is 0.242. The van der Waals surface area contributed by atoms with Gasteiger partial charge in [-0.1, -0.05) is 99.6 Å². The first-order chi connectivity index (χ1) is 8.41. The molecule has 0 fully saturated rings. The average molecular weight is 257 g/mol. The van der Waals surface area contributed by atoms with Gasteiger partial charge in [-0.3, -0.25) is 0 Å². The molecule has 0 spiro atoms. The first-order valence-corrected chi connectivity index (χ1v) is 8.77. The fourth-order valence-corrected chi connectivity index (χ4v) is 2.57. The summed E-state index contributed by atoms with van der Waals surface area (Å²) in [6.07, 6.45) is 21.5. The van der Waals surface area contributed by atoms with Crippen LogP contribution in [0.2, 0.25) is 0 Å². The smallest absolute Gasteiger partial charge is 0.0317 e. The van der Waals surface area contributed by atoms with Gasteiger partial charge in [0.15, 0.2) is 0 Å². The minimum atomic E-state index is 1.18. The van der Waals surface area contributed by atoms with Crippen LogP contribution in [0.3, 0.4) is 0 Å². The molecule has 1 radical (unpaired) electrons. The maximum absolute atomic E-state index is 3.53. The molecule has 0 saturated heterocycles. The Labute approximate surface area is 113 Å². The van der Waals surface area contributed by atoms with Gasteiger partial charge in [-0.2, -0.15) is 0 Å². The van der Waals surface area contributed by atoms with E-state index in [2.05, 4.69) is 16.2 Å². The van der Waals surface area contributed by atoms with E-state index in [0.29, 0.717) is 0 Å². The molecule has 0 heterocycles. The van der Waals surface area contributed by atoms with E-state index in [4.69, 9.17) is 0 Å². The summed E-state index contributed by atoms with van der Waals surface area (Å²) in [6, 6.07) is 0. The van der Waals surface area contributed by atoms with Gasteiger partial charge in [-0.25, -0.2) is 0 Å². The van der Waals surface area contributed by atoms with Crippen molar-refractivity contribution in [2.45, 2.75) is 96.8 Å². The first-order valence-electron chi connectivity index (χ1n) is 8.06. The van der Waals surface area contributed by atoms with E-state index in [1.807, 2.05) is 0 Å². The Kier molecular flexibility index (Phi) is 16.8. The summed E-state index contributed by atoms with van der Waals surface area (Å²) in [6.45, 7) is 2.29. The van der Waals surface area contributed by atoms with Gasteiger partial charge in [0, 0.05) is 0 Å². The third kappa shape index (κ3) is 16.4. The van der Waals surface area contributed by atoms with Gasteiger partial charge in [-0.15, -0.1) is 0 Å². The van der Waals surface area contributed by atoms with Crippen molar-refractivity contribution < 1.29 is 0 Å². The molecular weight excluding hydrogens is 223 g/mol. The number of rotatable bonds is 14.